The van der Waals surface area contributed by atoms with Crippen molar-refractivity contribution in [2.24, 2.45) is 5.92 Å². The smallest absolute Gasteiger partial charge is 0.160 e. The van der Waals surface area contributed by atoms with Crippen LogP contribution in [0.1, 0.15) is 24.8 Å². The Kier molecular flexibility index (Phi) is 4.65. The number of nitrogens with one attached hydrogen (secondary N) is 1. The predicted octanol–water partition coefficient (Wildman–Crippen LogP) is 2.85. The number of rotatable bonds is 5. The maximum Gasteiger partial charge on any atom is 0.160 e. The Morgan fingerprint density at radius 1 is 1.39 bits per heavy atom. The fraction of sp³-hybridized carbons (Fsp3) is 0.467. The molecule has 98 valence electrons. The van der Waals surface area contributed by atoms with Crippen molar-refractivity contribution in [3.05, 3.63) is 35.9 Å². The van der Waals surface area contributed by atoms with E-state index in [1.165, 1.54) is 19.3 Å². The summed E-state index contributed by atoms with van der Waals surface area (Å²) in [6, 6.07) is 5.48. The van der Waals surface area contributed by atoms with E-state index in [2.05, 4.69) is 17.5 Å². The molecule has 0 spiro atoms. The zero-order chi connectivity index (χ0) is 12.8. The van der Waals surface area contributed by atoms with Gasteiger partial charge in [0.2, 0.25) is 0 Å². The molecule has 18 heavy (non-hydrogen) atoms. The van der Waals surface area contributed by atoms with Crippen LogP contribution in [0.25, 0.3) is 0 Å². The second-order valence-electron chi connectivity index (χ2n) is 4.79. The standard InChI is InChI=1S/C15H21NO2/c1-18-15-9-13(7-8-14(15)17)11-16-10-12-5-3-2-4-6-12/h2-3,7-9,12,16-17H,4-6,10-11H2,1H3. The van der Waals surface area contributed by atoms with Gasteiger partial charge in [0.25, 0.3) is 0 Å². The molecule has 1 unspecified atom stereocenters. The molecule has 1 aromatic rings. The lowest BCUT2D eigenvalue weighted by atomic mass is 9.94. The third-order valence-corrected chi connectivity index (χ3v) is 3.38. The number of phenolic OH excluding ortho intramolecular Hbond substituents is 1. The van der Waals surface area contributed by atoms with Gasteiger partial charge in [-0.15, -0.1) is 0 Å². The monoisotopic (exact) mass is 247 g/mol. The van der Waals surface area contributed by atoms with Crippen LogP contribution in [0.4, 0.5) is 0 Å². The molecule has 0 saturated heterocycles. The van der Waals surface area contributed by atoms with Gasteiger partial charge in [0.05, 0.1) is 7.11 Å². The van der Waals surface area contributed by atoms with E-state index in [4.69, 9.17) is 4.74 Å². The molecule has 0 heterocycles. The molecule has 0 aromatic heterocycles. The number of aromatic hydroxyl groups is 1. The SMILES string of the molecule is COc1cc(CNCC2CC=CCC2)ccc1O. The summed E-state index contributed by atoms with van der Waals surface area (Å²) in [6.07, 6.45) is 8.22. The van der Waals surface area contributed by atoms with Crippen molar-refractivity contribution in [1.29, 1.82) is 0 Å². The zero-order valence-corrected chi connectivity index (χ0v) is 10.9. The van der Waals surface area contributed by atoms with E-state index >= 15 is 0 Å². The molecular formula is C15H21NO2. The first-order valence-electron chi connectivity index (χ1n) is 6.51. The summed E-state index contributed by atoms with van der Waals surface area (Å²) in [7, 11) is 1.57. The first kappa shape index (κ1) is 13.0. The largest absolute Gasteiger partial charge is 0.504 e. The third-order valence-electron chi connectivity index (χ3n) is 3.38. The molecule has 3 nitrogen and oxygen atoms in total. The summed E-state index contributed by atoms with van der Waals surface area (Å²) < 4.78 is 5.10. The summed E-state index contributed by atoms with van der Waals surface area (Å²) in [5.74, 6) is 1.49. The molecule has 1 aliphatic rings. The second-order valence-corrected chi connectivity index (χ2v) is 4.79. The second kappa shape index (κ2) is 6.45. The van der Waals surface area contributed by atoms with Gasteiger partial charge in [-0.3, -0.25) is 0 Å². The summed E-state index contributed by atoms with van der Waals surface area (Å²) in [5, 5.41) is 13.0. The number of benzene rings is 1. The predicted molar refractivity (Wildman–Crippen MR) is 72.8 cm³/mol. The maximum absolute atomic E-state index is 9.51. The quantitative estimate of drug-likeness (QED) is 0.786. The Hall–Kier alpha value is -1.48. The molecule has 0 amide bonds. The van der Waals surface area contributed by atoms with Crippen molar-refractivity contribution in [2.75, 3.05) is 13.7 Å². The maximum atomic E-state index is 9.51. The zero-order valence-electron chi connectivity index (χ0n) is 10.9. The van der Waals surface area contributed by atoms with Crippen LogP contribution in [0.5, 0.6) is 11.5 Å². The van der Waals surface area contributed by atoms with Gasteiger partial charge < -0.3 is 15.2 Å². The minimum absolute atomic E-state index is 0.193. The van der Waals surface area contributed by atoms with Crippen LogP contribution in [0.15, 0.2) is 30.4 Å². The topological polar surface area (TPSA) is 41.5 Å². The highest BCUT2D eigenvalue weighted by molar-refractivity contribution is 5.41. The average molecular weight is 247 g/mol. The highest BCUT2D eigenvalue weighted by Crippen LogP contribution is 2.26. The lowest BCUT2D eigenvalue weighted by molar-refractivity contribution is 0.372. The van der Waals surface area contributed by atoms with Gasteiger partial charge in [-0.05, 0) is 49.4 Å². The van der Waals surface area contributed by atoms with Gasteiger partial charge in [0, 0.05) is 6.54 Å². The molecular weight excluding hydrogens is 226 g/mol. The highest BCUT2D eigenvalue weighted by atomic mass is 16.5. The van der Waals surface area contributed by atoms with E-state index in [-0.39, 0.29) is 5.75 Å². The van der Waals surface area contributed by atoms with Crippen molar-refractivity contribution in [3.8, 4) is 11.5 Å². The summed E-state index contributed by atoms with van der Waals surface area (Å²) >= 11 is 0. The van der Waals surface area contributed by atoms with Gasteiger partial charge in [-0.2, -0.15) is 0 Å². The Morgan fingerprint density at radius 3 is 3.00 bits per heavy atom. The molecule has 1 atom stereocenters. The third kappa shape index (κ3) is 3.50. The van der Waals surface area contributed by atoms with Crippen LogP contribution >= 0.6 is 0 Å². The Labute approximate surface area is 108 Å². The molecule has 0 bridgehead atoms. The van der Waals surface area contributed by atoms with Crippen molar-refractivity contribution >= 4 is 0 Å². The van der Waals surface area contributed by atoms with Crippen LogP contribution in [-0.2, 0) is 6.54 Å². The number of allylic oxidation sites excluding steroid dienone is 2. The summed E-state index contributed by atoms with van der Waals surface area (Å²) in [4.78, 5) is 0. The van der Waals surface area contributed by atoms with E-state index in [1.54, 1.807) is 13.2 Å². The van der Waals surface area contributed by atoms with E-state index in [0.29, 0.717) is 5.75 Å². The summed E-state index contributed by atoms with van der Waals surface area (Å²) in [5.41, 5.74) is 1.14. The fourth-order valence-corrected chi connectivity index (χ4v) is 2.29. The first-order valence-corrected chi connectivity index (χ1v) is 6.51. The van der Waals surface area contributed by atoms with E-state index in [1.807, 2.05) is 12.1 Å². The molecule has 2 N–H and O–H groups in total. The van der Waals surface area contributed by atoms with Crippen LogP contribution in [0.3, 0.4) is 0 Å². The highest BCUT2D eigenvalue weighted by Gasteiger charge is 2.09. The Balaban J connectivity index is 1.81. The normalized spacial score (nSPS) is 18.8. The van der Waals surface area contributed by atoms with Crippen LogP contribution < -0.4 is 10.1 Å². The number of ether oxygens (including phenoxy) is 1. The molecule has 0 radical (unpaired) electrons. The van der Waals surface area contributed by atoms with Gasteiger partial charge in [0.1, 0.15) is 0 Å². The molecule has 1 aliphatic carbocycles. The number of methoxy groups -OCH3 is 1. The Morgan fingerprint density at radius 2 is 2.28 bits per heavy atom. The molecule has 0 saturated carbocycles. The lowest BCUT2D eigenvalue weighted by Gasteiger charge is -2.18. The number of hydrogen-bond donors (Lipinski definition) is 2. The molecule has 0 fully saturated rings. The van der Waals surface area contributed by atoms with Crippen molar-refractivity contribution in [1.82, 2.24) is 5.32 Å². The summed E-state index contributed by atoms with van der Waals surface area (Å²) in [6.45, 7) is 1.87. The number of phenols is 1. The number of hydrogen-bond acceptors (Lipinski definition) is 3. The van der Waals surface area contributed by atoms with Crippen molar-refractivity contribution in [2.45, 2.75) is 25.8 Å². The van der Waals surface area contributed by atoms with Crippen LogP contribution in [0.2, 0.25) is 0 Å². The molecule has 3 heteroatoms. The van der Waals surface area contributed by atoms with Gasteiger partial charge in [-0.25, -0.2) is 0 Å². The average Bonchev–Trinajstić information content (AvgIpc) is 2.42. The van der Waals surface area contributed by atoms with Crippen LogP contribution in [-0.4, -0.2) is 18.8 Å². The van der Waals surface area contributed by atoms with E-state index in [0.717, 1.165) is 24.6 Å². The van der Waals surface area contributed by atoms with E-state index < -0.39 is 0 Å². The molecule has 1 aromatic carbocycles. The van der Waals surface area contributed by atoms with Gasteiger partial charge in [0.15, 0.2) is 11.5 Å². The van der Waals surface area contributed by atoms with Crippen molar-refractivity contribution < 1.29 is 9.84 Å². The van der Waals surface area contributed by atoms with Gasteiger partial charge in [-0.1, -0.05) is 18.2 Å². The lowest BCUT2D eigenvalue weighted by Crippen LogP contribution is -2.23. The van der Waals surface area contributed by atoms with Gasteiger partial charge >= 0.3 is 0 Å². The molecule has 0 aliphatic heterocycles. The first-order chi connectivity index (χ1) is 8.79. The molecule has 2 rings (SSSR count). The van der Waals surface area contributed by atoms with Crippen molar-refractivity contribution in [3.63, 3.8) is 0 Å². The minimum atomic E-state index is 0.193. The van der Waals surface area contributed by atoms with E-state index in [9.17, 15) is 5.11 Å². The fourth-order valence-electron chi connectivity index (χ4n) is 2.29. The minimum Gasteiger partial charge on any atom is -0.504 e. The Bertz CT molecular complexity index is 415. The van der Waals surface area contributed by atoms with Crippen LogP contribution in [0, 0.1) is 5.92 Å².